The van der Waals surface area contributed by atoms with Crippen LogP contribution in [0.3, 0.4) is 0 Å². The van der Waals surface area contributed by atoms with Gasteiger partial charge in [0.05, 0.1) is 29.3 Å². The summed E-state index contributed by atoms with van der Waals surface area (Å²) in [6.45, 7) is 0. The normalized spacial score (nSPS) is 22.1. The number of amides is 1. The molecule has 0 saturated heterocycles. The van der Waals surface area contributed by atoms with E-state index in [0.717, 1.165) is 28.8 Å². The molecule has 1 fully saturated rings. The smallest absolute Gasteiger partial charge is 0.231 e. The number of aliphatic hydroxyl groups is 1. The van der Waals surface area contributed by atoms with Crippen LogP contribution in [-0.4, -0.2) is 29.2 Å². The van der Waals surface area contributed by atoms with Crippen molar-refractivity contribution in [2.24, 2.45) is 5.92 Å². The molecule has 1 aromatic carbocycles. The van der Waals surface area contributed by atoms with Gasteiger partial charge in [-0.25, -0.2) is 4.98 Å². The van der Waals surface area contributed by atoms with Gasteiger partial charge in [-0.1, -0.05) is 11.3 Å². The molecule has 1 aliphatic carbocycles. The van der Waals surface area contributed by atoms with Crippen molar-refractivity contribution in [2.75, 3.05) is 12.4 Å². The van der Waals surface area contributed by atoms with Crippen molar-refractivity contribution in [3.63, 3.8) is 0 Å². The van der Waals surface area contributed by atoms with Gasteiger partial charge in [-0.15, -0.1) is 0 Å². The summed E-state index contributed by atoms with van der Waals surface area (Å²) in [5.74, 6) is 0.322. The molecule has 2 unspecified atom stereocenters. The van der Waals surface area contributed by atoms with E-state index >= 15 is 0 Å². The third-order valence-corrected chi connectivity index (χ3v) is 4.58. The zero-order valence-corrected chi connectivity index (χ0v) is 11.9. The highest BCUT2D eigenvalue weighted by Crippen LogP contribution is 2.31. The zero-order chi connectivity index (χ0) is 14.1. The second-order valence-electron chi connectivity index (χ2n) is 4.95. The van der Waals surface area contributed by atoms with Gasteiger partial charge in [-0.2, -0.15) is 0 Å². The molecular formula is C14H16N2O3S. The molecule has 1 saturated carbocycles. The van der Waals surface area contributed by atoms with E-state index in [-0.39, 0.29) is 11.8 Å². The molecule has 0 radical (unpaired) electrons. The topological polar surface area (TPSA) is 71.5 Å². The molecule has 1 amide bonds. The van der Waals surface area contributed by atoms with Gasteiger partial charge in [-0.3, -0.25) is 4.79 Å². The second kappa shape index (κ2) is 5.38. The SMILES string of the molecule is COc1ccc2nc(NC(=O)C3CCCC3O)sc2c1. The summed E-state index contributed by atoms with van der Waals surface area (Å²) >= 11 is 1.41. The van der Waals surface area contributed by atoms with Crippen molar-refractivity contribution < 1.29 is 14.6 Å². The van der Waals surface area contributed by atoms with E-state index in [0.29, 0.717) is 11.6 Å². The predicted octanol–water partition coefficient (Wildman–Crippen LogP) is 2.40. The van der Waals surface area contributed by atoms with E-state index < -0.39 is 6.10 Å². The summed E-state index contributed by atoms with van der Waals surface area (Å²) in [6, 6.07) is 5.60. The van der Waals surface area contributed by atoms with Gasteiger partial charge >= 0.3 is 0 Å². The van der Waals surface area contributed by atoms with E-state index in [9.17, 15) is 9.90 Å². The first-order chi connectivity index (χ1) is 9.67. The number of anilines is 1. The summed E-state index contributed by atoms with van der Waals surface area (Å²) in [5, 5.41) is 13.1. The van der Waals surface area contributed by atoms with Gasteiger partial charge < -0.3 is 15.2 Å². The van der Waals surface area contributed by atoms with Crippen molar-refractivity contribution in [1.82, 2.24) is 4.98 Å². The monoisotopic (exact) mass is 292 g/mol. The van der Waals surface area contributed by atoms with Crippen LogP contribution >= 0.6 is 11.3 Å². The Labute approximate surface area is 120 Å². The van der Waals surface area contributed by atoms with Crippen molar-refractivity contribution in [1.29, 1.82) is 0 Å². The maximum absolute atomic E-state index is 12.1. The predicted molar refractivity (Wildman–Crippen MR) is 78.1 cm³/mol. The third kappa shape index (κ3) is 2.48. The number of nitrogens with one attached hydrogen (secondary N) is 1. The minimum absolute atomic E-state index is 0.138. The summed E-state index contributed by atoms with van der Waals surface area (Å²) in [4.78, 5) is 16.5. The number of methoxy groups -OCH3 is 1. The van der Waals surface area contributed by atoms with Crippen LogP contribution in [0, 0.1) is 5.92 Å². The van der Waals surface area contributed by atoms with Crippen LogP contribution in [0.25, 0.3) is 10.2 Å². The van der Waals surface area contributed by atoms with Crippen LogP contribution in [-0.2, 0) is 4.79 Å². The van der Waals surface area contributed by atoms with Gasteiger partial charge in [0.15, 0.2) is 5.13 Å². The van der Waals surface area contributed by atoms with Gasteiger partial charge in [-0.05, 0) is 37.5 Å². The molecule has 2 atom stereocenters. The van der Waals surface area contributed by atoms with Gasteiger partial charge in [0.1, 0.15) is 5.75 Å². The summed E-state index contributed by atoms with van der Waals surface area (Å²) < 4.78 is 6.13. The Balaban J connectivity index is 1.78. The van der Waals surface area contributed by atoms with Crippen LogP contribution in [0.2, 0.25) is 0 Å². The lowest BCUT2D eigenvalue weighted by Gasteiger charge is -2.12. The van der Waals surface area contributed by atoms with Crippen LogP contribution < -0.4 is 10.1 Å². The highest BCUT2D eigenvalue weighted by atomic mass is 32.1. The summed E-state index contributed by atoms with van der Waals surface area (Å²) in [6.07, 6.45) is 1.82. The Bertz CT molecular complexity index is 640. The first-order valence-corrected chi connectivity index (χ1v) is 7.42. The highest BCUT2D eigenvalue weighted by molar-refractivity contribution is 7.22. The number of aliphatic hydroxyl groups excluding tert-OH is 1. The number of rotatable bonds is 3. The quantitative estimate of drug-likeness (QED) is 0.911. The van der Waals surface area contributed by atoms with Crippen molar-refractivity contribution in [2.45, 2.75) is 25.4 Å². The van der Waals surface area contributed by atoms with Gasteiger partial charge in [0, 0.05) is 0 Å². The summed E-state index contributed by atoms with van der Waals surface area (Å²) in [7, 11) is 1.62. The number of ether oxygens (including phenoxy) is 1. The number of aromatic nitrogens is 1. The minimum atomic E-state index is -0.524. The lowest BCUT2D eigenvalue weighted by Crippen LogP contribution is -2.28. The molecule has 1 aromatic heterocycles. The Morgan fingerprint density at radius 2 is 2.35 bits per heavy atom. The molecule has 106 valence electrons. The van der Waals surface area contributed by atoms with E-state index in [1.165, 1.54) is 11.3 Å². The first kappa shape index (κ1) is 13.3. The van der Waals surface area contributed by atoms with Crippen molar-refractivity contribution in [3.8, 4) is 5.75 Å². The fourth-order valence-corrected chi connectivity index (χ4v) is 3.43. The molecule has 0 spiro atoms. The Kier molecular flexibility index (Phi) is 3.58. The number of fused-ring (bicyclic) bond motifs is 1. The standard InChI is InChI=1S/C14H16N2O3S/c1-19-8-5-6-10-12(7-8)20-14(15-10)16-13(18)9-3-2-4-11(9)17/h5-7,9,11,17H,2-4H2,1H3,(H,15,16,18). The number of carbonyl (C=O) groups excluding carboxylic acids is 1. The number of benzene rings is 1. The molecule has 0 bridgehead atoms. The number of hydrogen-bond acceptors (Lipinski definition) is 5. The van der Waals surface area contributed by atoms with Crippen LogP contribution in [0.4, 0.5) is 5.13 Å². The van der Waals surface area contributed by atoms with E-state index in [1.807, 2.05) is 18.2 Å². The minimum Gasteiger partial charge on any atom is -0.497 e. The fraction of sp³-hybridized carbons (Fsp3) is 0.429. The first-order valence-electron chi connectivity index (χ1n) is 6.61. The molecule has 1 heterocycles. The summed E-state index contributed by atoms with van der Waals surface area (Å²) in [5.41, 5.74) is 0.832. The van der Waals surface area contributed by atoms with E-state index in [1.54, 1.807) is 7.11 Å². The average Bonchev–Trinajstić information content (AvgIpc) is 3.03. The number of carbonyl (C=O) groups is 1. The average molecular weight is 292 g/mol. The lowest BCUT2D eigenvalue weighted by molar-refractivity contribution is -0.122. The van der Waals surface area contributed by atoms with Gasteiger partial charge in [0.25, 0.3) is 0 Å². The van der Waals surface area contributed by atoms with Crippen LogP contribution in [0.5, 0.6) is 5.75 Å². The van der Waals surface area contributed by atoms with E-state index in [2.05, 4.69) is 10.3 Å². The molecule has 0 aliphatic heterocycles. The maximum atomic E-state index is 12.1. The Hall–Kier alpha value is -1.66. The highest BCUT2D eigenvalue weighted by Gasteiger charge is 2.31. The van der Waals surface area contributed by atoms with E-state index in [4.69, 9.17) is 4.74 Å². The maximum Gasteiger partial charge on any atom is 0.231 e. The fourth-order valence-electron chi connectivity index (χ4n) is 2.53. The molecule has 2 aromatic rings. The molecule has 2 N–H and O–H groups in total. The third-order valence-electron chi connectivity index (χ3n) is 3.64. The molecule has 1 aliphatic rings. The van der Waals surface area contributed by atoms with Crippen LogP contribution in [0.15, 0.2) is 18.2 Å². The molecule has 3 rings (SSSR count). The largest absolute Gasteiger partial charge is 0.497 e. The van der Waals surface area contributed by atoms with Crippen molar-refractivity contribution >= 4 is 32.6 Å². The number of nitrogens with zero attached hydrogens (tertiary/aromatic N) is 1. The Morgan fingerprint density at radius 3 is 3.05 bits per heavy atom. The van der Waals surface area contributed by atoms with Gasteiger partial charge in [0.2, 0.25) is 5.91 Å². The molecular weight excluding hydrogens is 276 g/mol. The molecule has 20 heavy (non-hydrogen) atoms. The number of hydrogen-bond donors (Lipinski definition) is 2. The lowest BCUT2D eigenvalue weighted by atomic mass is 10.1. The molecule has 5 nitrogen and oxygen atoms in total. The zero-order valence-electron chi connectivity index (χ0n) is 11.1. The second-order valence-corrected chi connectivity index (χ2v) is 5.98. The van der Waals surface area contributed by atoms with Crippen LogP contribution in [0.1, 0.15) is 19.3 Å². The van der Waals surface area contributed by atoms with Crippen molar-refractivity contribution in [3.05, 3.63) is 18.2 Å². The molecule has 6 heteroatoms. The Morgan fingerprint density at radius 1 is 1.50 bits per heavy atom. The number of thiazole rings is 1.